The summed E-state index contributed by atoms with van der Waals surface area (Å²) in [5.74, 6) is 0.246. The third-order valence-corrected chi connectivity index (χ3v) is 2.48. The number of methoxy groups -OCH3 is 2. The van der Waals surface area contributed by atoms with E-state index in [0.29, 0.717) is 11.4 Å². The van der Waals surface area contributed by atoms with Gasteiger partial charge in [-0.05, 0) is 0 Å². The van der Waals surface area contributed by atoms with Crippen molar-refractivity contribution in [2.24, 2.45) is 0 Å². The molecule has 0 atom stereocenters. The Hall–Kier alpha value is -2.50. The van der Waals surface area contributed by atoms with Crippen molar-refractivity contribution in [1.29, 1.82) is 0 Å². The summed E-state index contributed by atoms with van der Waals surface area (Å²) in [5.41, 5.74) is 0.190. The van der Waals surface area contributed by atoms with E-state index in [4.69, 9.17) is 9.47 Å². The zero-order chi connectivity index (χ0) is 13.1. The normalized spacial score (nSPS) is 10.1. The third kappa shape index (κ3) is 1.88. The van der Waals surface area contributed by atoms with Gasteiger partial charge in [0.15, 0.2) is 11.5 Å². The Morgan fingerprint density at radius 2 is 1.22 bits per heavy atom. The summed E-state index contributed by atoms with van der Waals surface area (Å²) < 4.78 is 10.1. The molecule has 0 radical (unpaired) electrons. The topological polar surface area (TPSA) is 84.2 Å². The molecule has 2 aromatic rings. The average molecular weight is 248 g/mol. The molecule has 6 nitrogen and oxygen atoms in total. The second-order valence-electron chi connectivity index (χ2n) is 3.50. The van der Waals surface area contributed by atoms with Crippen LogP contribution in [0.2, 0.25) is 0 Å². The number of nitrogens with one attached hydrogen (secondary N) is 2. The van der Waals surface area contributed by atoms with E-state index in [0.717, 1.165) is 0 Å². The monoisotopic (exact) mass is 248 g/mol. The number of rotatable bonds is 3. The molecule has 2 rings (SSSR count). The van der Waals surface area contributed by atoms with Gasteiger partial charge in [0.25, 0.3) is 0 Å². The van der Waals surface area contributed by atoms with Crippen LogP contribution < -0.4 is 20.3 Å². The molecular weight excluding hydrogens is 236 g/mol. The molecule has 18 heavy (non-hydrogen) atoms. The number of ether oxygens (including phenoxy) is 2. The minimum atomic E-state index is -0.280. The largest absolute Gasteiger partial charge is 0.491 e. The van der Waals surface area contributed by atoms with Gasteiger partial charge in [-0.15, -0.1) is 0 Å². The van der Waals surface area contributed by atoms with Gasteiger partial charge >= 0.3 is 0 Å². The molecular formula is C12H12N2O4. The second-order valence-corrected chi connectivity index (χ2v) is 3.50. The van der Waals surface area contributed by atoms with E-state index in [1.807, 2.05) is 0 Å². The Bertz CT molecular complexity index is 613. The highest BCUT2D eigenvalue weighted by Gasteiger charge is 2.16. The molecule has 2 heterocycles. The van der Waals surface area contributed by atoms with Crippen LogP contribution in [0, 0.1) is 0 Å². The maximum Gasteiger partial charge on any atom is 0.224 e. The van der Waals surface area contributed by atoms with Crippen LogP contribution in [0.4, 0.5) is 0 Å². The number of aromatic amines is 2. The number of hydrogen-bond donors (Lipinski definition) is 2. The van der Waals surface area contributed by atoms with Crippen LogP contribution in [0.15, 0.2) is 34.1 Å². The molecule has 2 N–H and O–H groups in total. The van der Waals surface area contributed by atoms with Gasteiger partial charge in [0.2, 0.25) is 10.9 Å². The van der Waals surface area contributed by atoms with Crippen molar-refractivity contribution < 1.29 is 9.47 Å². The maximum absolute atomic E-state index is 11.7. The van der Waals surface area contributed by atoms with Crippen molar-refractivity contribution in [2.75, 3.05) is 14.2 Å². The molecule has 0 bridgehead atoms. The smallest absolute Gasteiger partial charge is 0.224 e. The lowest BCUT2D eigenvalue weighted by Gasteiger charge is -2.10. The van der Waals surface area contributed by atoms with Crippen molar-refractivity contribution in [3.8, 4) is 22.9 Å². The van der Waals surface area contributed by atoms with Gasteiger partial charge in [0.1, 0.15) is 11.4 Å². The van der Waals surface area contributed by atoms with E-state index in [9.17, 15) is 9.59 Å². The van der Waals surface area contributed by atoms with E-state index in [2.05, 4.69) is 9.97 Å². The van der Waals surface area contributed by atoms with Crippen molar-refractivity contribution in [1.82, 2.24) is 9.97 Å². The van der Waals surface area contributed by atoms with E-state index >= 15 is 0 Å². The van der Waals surface area contributed by atoms with Crippen LogP contribution in [0.3, 0.4) is 0 Å². The zero-order valence-corrected chi connectivity index (χ0v) is 9.94. The summed E-state index contributed by atoms with van der Waals surface area (Å²) >= 11 is 0. The van der Waals surface area contributed by atoms with Gasteiger partial charge in [0.05, 0.1) is 14.2 Å². The summed E-state index contributed by atoms with van der Waals surface area (Å²) in [6.07, 6.45) is 2.95. The van der Waals surface area contributed by atoms with E-state index in [-0.39, 0.29) is 22.4 Å². The molecule has 0 saturated heterocycles. The van der Waals surface area contributed by atoms with E-state index in [1.165, 1.54) is 38.7 Å². The van der Waals surface area contributed by atoms with E-state index in [1.54, 1.807) is 0 Å². The number of aromatic nitrogens is 2. The highest BCUT2D eigenvalue weighted by Crippen LogP contribution is 2.27. The Labute approximate surface area is 102 Å². The molecule has 0 spiro atoms. The highest BCUT2D eigenvalue weighted by atomic mass is 16.5. The fraction of sp³-hybridized carbons (Fsp3) is 0.167. The fourth-order valence-electron chi connectivity index (χ4n) is 1.71. The summed E-state index contributed by atoms with van der Waals surface area (Å²) in [5, 5.41) is 0. The van der Waals surface area contributed by atoms with Gasteiger partial charge in [-0.2, -0.15) is 0 Å². The fourth-order valence-corrected chi connectivity index (χ4v) is 1.71. The molecule has 0 fully saturated rings. The van der Waals surface area contributed by atoms with Gasteiger partial charge in [-0.3, -0.25) is 9.59 Å². The lowest BCUT2D eigenvalue weighted by Crippen LogP contribution is -2.11. The molecule has 2 aromatic heterocycles. The highest BCUT2D eigenvalue weighted by molar-refractivity contribution is 5.68. The van der Waals surface area contributed by atoms with Gasteiger partial charge in [0, 0.05) is 24.5 Å². The first-order valence-corrected chi connectivity index (χ1v) is 5.20. The molecule has 0 unspecified atom stereocenters. The van der Waals surface area contributed by atoms with Crippen molar-refractivity contribution in [3.63, 3.8) is 0 Å². The molecule has 0 aliphatic rings. The first-order chi connectivity index (χ1) is 8.69. The van der Waals surface area contributed by atoms with Crippen LogP contribution in [0.5, 0.6) is 11.5 Å². The van der Waals surface area contributed by atoms with Crippen LogP contribution in [-0.2, 0) is 0 Å². The predicted molar refractivity (Wildman–Crippen MR) is 66.2 cm³/mol. The summed E-state index contributed by atoms with van der Waals surface area (Å²) in [4.78, 5) is 29.0. The van der Waals surface area contributed by atoms with E-state index < -0.39 is 0 Å². The molecule has 0 aliphatic heterocycles. The Morgan fingerprint density at radius 1 is 0.833 bits per heavy atom. The Balaban J connectivity index is 2.78. The van der Waals surface area contributed by atoms with Crippen LogP contribution in [0.1, 0.15) is 0 Å². The SMILES string of the molecule is COc1c(-c2[nH]ccc(=O)c2OC)[nH]ccc1=O. The number of H-pyrrole nitrogens is 2. The molecule has 0 aromatic carbocycles. The molecule has 0 amide bonds. The first kappa shape index (κ1) is 12.0. The summed E-state index contributed by atoms with van der Waals surface area (Å²) in [6.45, 7) is 0. The van der Waals surface area contributed by atoms with Gasteiger partial charge < -0.3 is 19.4 Å². The lowest BCUT2D eigenvalue weighted by molar-refractivity contribution is 0.403. The lowest BCUT2D eigenvalue weighted by atomic mass is 10.2. The van der Waals surface area contributed by atoms with Crippen LogP contribution in [0.25, 0.3) is 11.4 Å². The zero-order valence-electron chi connectivity index (χ0n) is 9.94. The average Bonchev–Trinajstić information content (AvgIpc) is 2.38. The Kier molecular flexibility index (Phi) is 3.18. The van der Waals surface area contributed by atoms with Gasteiger partial charge in [-0.25, -0.2) is 0 Å². The summed E-state index contributed by atoms with van der Waals surface area (Å²) in [6, 6.07) is 2.69. The standard InChI is InChI=1S/C12H12N2O4/c1-17-11-7(15)3-5-13-9(11)10-12(18-2)8(16)4-6-14-10/h3-6H,1-2H3,(H,13,15)(H,14,16). The van der Waals surface area contributed by atoms with Crippen LogP contribution >= 0.6 is 0 Å². The van der Waals surface area contributed by atoms with Crippen molar-refractivity contribution in [3.05, 3.63) is 45.0 Å². The van der Waals surface area contributed by atoms with Crippen molar-refractivity contribution >= 4 is 0 Å². The summed E-state index contributed by atoms with van der Waals surface area (Å²) in [7, 11) is 2.78. The molecule has 94 valence electrons. The predicted octanol–water partition coefficient (Wildman–Crippen LogP) is 0.747. The second kappa shape index (κ2) is 4.79. The Morgan fingerprint density at radius 3 is 1.56 bits per heavy atom. The quantitative estimate of drug-likeness (QED) is 0.839. The number of pyridine rings is 2. The first-order valence-electron chi connectivity index (χ1n) is 5.20. The third-order valence-electron chi connectivity index (χ3n) is 2.48. The van der Waals surface area contributed by atoms with Gasteiger partial charge in [-0.1, -0.05) is 0 Å². The maximum atomic E-state index is 11.7. The molecule has 0 aliphatic carbocycles. The minimum Gasteiger partial charge on any atom is -0.491 e. The molecule has 6 heteroatoms. The van der Waals surface area contributed by atoms with Crippen molar-refractivity contribution in [2.45, 2.75) is 0 Å². The van der Waals surface area contributed by atoms with Crippen LogP contribution in [-0.4, -0.2) is 24.2 Å². The number of hydrogen-bond acceptors (Lipinski definition) is 4. The molecule has 0 saturated carbocycles. The minimum absolute atomic E-state index is 0.123.